The molecule has 1 fully saturated rings. The number of halogens is 1. The van der Waals surface area contributed by atoms with Crippen LogP contribution in [0, 0.1) is 0 Å². The van der Waals surface area contributed by atoms with Crippen molar-refractivity contribution in [1.29, 1.82) is 0 Å². The Morgan fingerprint density at radius 2 is 2.18 bits per heavy atom. The van der Waals surface area contributed by atoms with Gasteiger partial charge in [-0.2, -0.15) is 0 Å². The Balaban J connectivity index is 2.50. The Bertz CT molecular complexity index is 163. The molecule has 1 heterocycles. The summed E-state index contributed by atoms with van der Waals surface area (Å²) in [6.45, 7) is 6.58. The van der Waals surface area contributed by atoms with Crippen LogP contribution in [-0.2, 0) is 4.79 Å². The van der Waals surface area contributed by atoms with Gasteiger partial charge >= 0.3 is 0 Å². The maximum absolute atomic E-state index is 11.0. The average Bonchev–Trinajstić information content (AvgIpc) is 1.85. The van der Waals surface area contributed by atoms with Gasteiger partial charge in [0, 0.05) is 55.5 Å². The molecule has 0 unspecified atom stereocenters. The van der Waals surface area contributed by atoms with E-state index in [1.807, 2.05) is 4.90 Å². The Morgan fingerprint density at radius 1 is 1.55 bits per heavy atom. The van der Waals surface area contributed by atoms with Crippen LogP contribution in [0.5, 0.6) is 0 Å². The summed E-state index contributed by atoms with van der Waals surface area (Å²) in [5.74, 6) is 0.196. The predicted octanol–water partition coefficient (Wildman–Crippen LogP) is 0.889. The monoisotopic (exact) mass is 268 g/mol. The van der Waals surface area contributed by atoms with Crippen LogP contribution in [0.25, 0.3) is 0 Å². The molecule has 0 aromatic heterocycles. The fourth-order valence-corrected chi connectivity index (χ4v) is 2.17. The Kier molecular flexibility index (Phi) is 3.12. The zero-order valence-electron chi connectivity index (χ0n) is 6.88. The number of piperazine rings is 1. The van der Waals surface area contributed by atoms with E-state index in [0.29, 0.717) is 6.04 Å². The van der Waals surface area contributed by atoms with Crippen LogP contribution in [0.3, 0.4) is 0 Å². The highest BCUT2D eigenvalue weighted by molar-refractivity contribution is 14.1. The van der Waals surface area contributed by atoms with Gasteiger partial charge in [-0.3, -0.25) is 4.79 Å². The van der Waals surface area contributed by atoms with Gasteiger partial charge in [0.15, 0.2) is 0 Å². The minimum absolute atomic E-state index is 0.196. The van der Waals surface area contributed by atoms with Crippen molar-refractivity contribution in [3.63, 3.8) is 0 Å². The molecular weight excluding hydrogens is 255 g/mol. The molecule has 0 N–H and O–H groups in total. The fourth-order valence-electron chi connectivity index (χ4n) is 1.38. The van der Waals surface area contributed by atoms with Crippen molar-refractivity contribution in [2.75, 3.05) is 19.6 Å². The minimum Gasteiger partial charge on any atom is -0.338 e. The maximum atomic E-state index is 11.0. The van der Waals surface area contributed by atoms with E-state index in [4.69, 9.17) is 0 Å². The van der Waals surface area contributed by atoms with Crippen LogP contribution < -0.4 is 0 Å². The zero-order chi connectivity index (χ0) is 8.43. The Hall–Kier alpha value is 0.160. The zero-order valence-corrected chi connectivity index (χ0v) is 9.04. The molecule has 1 amide bonds. The molecule has 64 valence electrons. The smallest absolute Gasteiger partial charge is 0.219 e. The third-order valence-electron chi connectivity index (χ3n) is 1.98. The molecule has 0 saturated carbocycles. The molecule has 0 aliphatic carbocycles. The van der Waals surface area contributed by atoms with Crippen LogP contribution in [-0.4, -0.2) is 39.6 Å². The van der Waals surface area contributed by atoms with Crippen molar-refractivity contribution in [3.05, 3.63) is 0 Å². The van der Waals surface area contributed by atoms with Gasteiger partial charge in [0.2, 0.25) is 5.91 Å². The van der Waals surface area contributed by atoms with Crippen LogP contribution in [0.2, 0.25) is 0 Å². The first-order valence-electron chi connectivity index (χ1n) is 3.79. The second kappa shape index (κ2) is 3.71. The minimum atomic E-state index is 0.196. The summed E-state index contributed by atoms with van der Waals surface area (Å²) in [5.41, 5.74) is 0. The van der Waals surface area contributed by atoms with E-state index in [9.17, 15) is 4.79 Å². The largest absolute Gasteiger partial charge is 0.338 e. The number of hydrogen-bond acceptors (Lipinski definition) is 2. The molecule has 4 heteroatoms. The van der Waals surface area contributed by atoms with Crippen molar-refractivity contribution in [2.24, 2.45) is 0 Å². The van der Waals surface area contributed by atoms with Gasteiger partial charge in [-0.25, -0.2) is 3.11 Å². The summed E-state index contributed by atoms with van der Waals surface area (Å²) < 4.78 is 2.22. The van der Waals surface area contributed by atoms with Crippen molar-refractivity contribution in [1.82, 2.24) is 8.01 Å². The van der Waals surface area contributed by atoms with Crippen LogP contribution in [0.1, 0.15) is 13.8 Å². The van der Waals surface area contributed by atoms with Gasteiger partial charge in [-0.05, 0) is 6.92 Å². The molecule has 1 atom stereocenters. The first-order chi connectivity index (χ1) is 5.11. The lowest BCUT2D eigenvalue weighted by molar-refractivity contribution is -0.132. The van der Waals surface area contributed by atoms with E-state index in [-0.39, 0.29) is 5.91 Å². The van der Waals surface area contributed by atoms with Crippen molar-refractivity contribution in [3.8, 4) is 0 Å². The molecule has 11 heavy (non-hydrogen) atoms. The van der Waals surface area contributed by atoms with Gasteiger partial charge in [-0.1, -0.05) is 0 Å². The van der Waals surface area contributed by atoms with E-state index < -0.39 is 0 Å². The van der Waals surface area contributed by atoms with Crippen molar-refractivity contribution >= 4 is 28.8 Å². The molecule has 0 spiro atoms. The van der Waals surface area contributed by atoms with E-state index in [2.05, 4.69) is 32.9 Å². The van der Waals surface area contributed by atoms with E-state index in [1.54, 1.807) is 6.92 Å². The number of nitrogens with zero attached hydrogens (tertiary/aromatic N) is 2. The van der Waals surface area contributed by atoms with E-state index in [1.165, 1.54) is 0 Å². The average molecular weight is 268 g/mol. The number of amides is 1. The van der Waals surface area contributed by atoms with E-state index in [0.717, 1.165) is 19.6 Å². The summed E-state index contributed by atoms with van der Waals surface area (Å²) in [6.07, 6.45) is 0. The topological polar surface area (TPSA) is 23.6 Å². The molecule has 0 aromatic carbocycles. The number of hydrogen-bond donors (Lipinski definition) is 0. The second-order valence-corrected chi connectivity index (χ2v) is 4.29. The van der Waals surface area contributed by atoms with Crippen LogP contribution >= 0.6 is 22.9 Å². The lowest BCUT2D eigenvalue weighted by atomic mass is 10.2. The molecule has 0 aromatic rings. The molecule has 0 radical (unpaired) electrons. The highest BCUT2D eigenvalue weighted by Gasteiger charge is 2.23. The molecule has 1 saturated heterocycles. The summed E-state index contributed by atoms with van der Waals surface area (Å²) in [5, 5.41) is 0. The number of carbonyl (C=O) groups excluding carboxylic acids is 1. The third-order valence-corrected chi connectivity index (χ3v) is 2.86. The first-order valence-corrected chi connectivity index (χ1v) is 4.75. The van der Waals surface area contributed by atoms with Crippen molar-refractivity contribution < 1.29 is 4.79 Å². The Morgan fingerprint density at radius 3 is 2.64 bits per heavy atom. The van der Waals surface area contributed by atoms with Gasteiger partial charge in [-0.15, -0.1) is 0 Å². The molecular formula is C7H13IN2O. The number of rotatable bonds is 0. The first kappa shape index (κ1) is 9.25. The predicted molar refractivity (Wildman–Crippen MR) is 52.4 cm³/mol. The van der Waals surface area contributed by atoms with E-state index >= 15 is 0 Å². The normalized spacial score (nSPS) is 27.2. The molecule has 1 aliphatic rings. The van der Waals surface area contributed by atoms with Crippen LogP contribution in [0.4, 0.5) is 0 Å². The summed E-state index contributed by atoms with van der Waals surface area (Å²) >= 11 is 2.30. The molecule has 1 rings (SSSR count). The lowest BCUT2D eigenvalue weighted by Gasteiger charge is -2.36. The molecule has 3 nitrogen and oxygen atoms in total. The SMILES string of the molecule is CC(=O)N1CCN(I)C[C@@H]1C. The summed E-state index contributed by atoms with van der Waals surface area (Å²) in [6, 6.07) is 0.373. The summed E-state index contributed by atoms with van der Waals surface area (Å²) in [7, 11) is 0. The van der Waals surface area contributed by atoms with Gasteiger partial charge < -0.3 is 4.90 Å². The lowest BCUT2D eigenvalue weighted by Crippen LogP contribution is -2.50. The van der Waals surface area contributed by atoms with Crippen molar-refractivity contribution in [2.45, 2.75) is 19.9 Å². The Labute approximate surface area is 81.2 Å². The molecule has 0 bridgehead atoms. The van der Waals surface area contributed by atoms with Gasteiger partial charge in [0.05, 0.1) is 0 Å². The number of carbonyl (C=O) groups is 1. The quantitative estimate of drug-likeness (QED) is 0.481. The van der Waals surface area contributed by atoms with Crippen LogP contribution in [0.15, 0.2) is 0 Å². The second-order valence-electron chi connectivity index (χ2n) is 2.93. The summed E-state index contributed by atoms with van der Waals surface area (Å²) in [4.78, 5) is 12.9. The highest BCUT2D eigenvalue weighted by atomic mass is 127. The fraction of sp³-hybridized carbons (Fsp3) is 0.857. The molecule has 1 aliphatic heterocycles. The highest BCUT2D eigenvalue weighted by Crippen LogP contribution is 2.12. The van der Waals surface area contributed by atoms with Gasteiger partial charge in [0.1, 0.15) is 0 Å². The standard InChI is InChI=1S/C7H13IN2O/c1-6-5-9(8)3-4-10(6)7(2)11/h6H,3-5H2,1-2H3/t6-/m0/s1. The third kappa shape index (κ3) is 2.30. The maximum Gasteiger partial charge on any atom is 0.219 e. The van der Waals surface area contributed by atoms with Gasteiger partial charge in [0.25, 0.3) is 0 Å².